The topological polar surface area (TPSA) is 168 Å². The lowest BCUT2D eigenvalue weighted by Crippen LogP contribution is -2.50. The van der Waals surface area contributed by atoms with E-state index in [0.29, 0.717) is 47.3 Å². The summed E-state index contributed by atoms with van der Waals surface area (Å²) in [4.78, 5) is 70.2. The summed E-state index contributed by atoms with van der Waals surface area (Å²) in [6.07, 6.45) is 7.35. The van der Waals surface area contributed by atoms with Gasteiger partial charge in [0.15, 0.2) is 0 Å². The van der Waals surface area contributed by atoms with Gasteiger partial charge in [-0.1, -0.05) is 48.8 Å². The molecule has 0 aliphatic carbocycles. The lowest BCUT2D eigenvalue weighted by Gasteiger charge is -2.39. The average molecular weight is 819 g/mol. The molecule has 4 aromatic rings. The summed E-state index contributed by atoms with van der Waals surface area (Å²) in [6.45, 7) is 10.9. The number of amides is 1. The van der Waals surface area contributed by atoms with Crippen LogP contribution in [0.4, 0.5) is 4.79 Å². The molecule has 2 aromatic carbocycles. The van der Waals surface area contributed by atoms with E-state index in [1.54, 1.807) is 40.8 Å². The first-order chi connectivity index (χ1) is 28.8. The molecule has 6 heterocycles. The van der Waals surface area contributed by atoms with Gasteiger partial charge in [-0.25, -0.2) is 14.6 Å². The highest BCUT2D eigenvalue weighted by atomic mass is 16.6. The minimum absolute atomic E-state index is 0.0192. The number of oxime groups is 1. The molecule has 60 heavy (non-hydrogen) atoms. The molecule has 2 N–H and O–H groups in total. The zero-order valence-corrected chi connectivity index (χ0v) is 34.9. The number of carbonyl (C=O) groups excluding carboxylic acids is 3. The number of rotatable bonds is 10. The van der Waals surface area contributed by atoms with Gasteiger partial charge in [-0.15, -0.1) is 0 Å². The molecule has 2 fully saturated rings. The number of nitrogens with two attached hydrogens (primary N) is 1. The van der Waals surface area contributed by atoms with Crippen LogP contribution in [0.5, 0.6) is 5.75 Å². The van der Waals surface area contributed by atoms with Gasteiger partial charge in [0.1, 0.15) is 24.0 Å². The molecule has 2 aromatic heterocycles. The van der Waals surface area contributed by atoms with E-state index in [4.69, 9.17) is 29.8 Å². The SMILES string of the molecule is CC[C@@]1(OC(=O)[C@@H](N)Cc2ccccc2)C(=O)OCc2c1cc1n(c2=O)Cc2cc3c(CC=NOC(C)(C)C)c(OC(=O)N4CCC(N5CCCCC5)CC4)ccc3nc2-1. The van der Waals surface area contributed by atoms with Crippen molar-refractivity contribution in [3.8, 4) is 17.1 Å². The third-order valence-corrected chi connectivity index (χ3v) is 12.1. The van der Waals surface area contributed by atoms with E-state index in [1.165, 1.54) is 19.3 Å². The normalized spacial score (nSPS) is 20.0. The molecule has 8 rings (SSSR count). The second-order valence-corrected chi connectivity index (χ2v) is 17.3. The van der Waals surface area contributed by atoms with Crippen LogP contribution in [-0.2, 0) is 55.5 Å². The Morgan fingerprint density at radius 3 is 2.50 bits per heavy atom. The van der Waals surface area contributed by atoms with Crippen LogP contribution < -0.4 is 16.0 Å². The minimum atomic E-state index is -1.88. The molecule has 316 valence electrons. The smallest absolute Gasteiger partial charge is 0.415 e. The Hall–Kier alpha value is -5.60. The predicted molar refractivity (Wildman–Crippen MR) is 226 cm³/mol. The fraction of sp³-hybridized carbons (Fsp3) is 0.478. The molecule has 1 amide bonds. The van der Waals surface area contributed by atoms with E-state index in [0.717, 1.165) is 42.4 Å². The zero-order chi connectivity index (χ0) is 42.2. The highest BCUT2D eigenvalue weighted by Gasteiger charge is 2.51. The summed E-state index contributed by atoms with van der Waals surface area (Å²) in [7, 11) is 0. The van der Waals surface area contributed by atoms with E-state index >= 15 is 0 Å². The van der Waals surface area contributed by atoms with Gasteiger partial charge in [0.2, 0.25) is 5.60 Å². The number of nitrogens with zero attached hydrogens (tertiary/aromatic N) is 5. The van der Waals surface area contributed by atoms with E-state index in [-0.39, 0.29) is 49.1 Å². The Labute approximate surface area is 349 Å². The minimum Gasteiger partial charge on any atom is -0.457 e. The number of cyclic esters (lactones) is 1. The largest absolute Gasteiger partial charge is 0.457 e. The number of carbonyl (C=O) groups is 3. The summed E-state index contributed by atoms with van der Waals surface area (Å²) in [5.41, 5.74) is 8.00. The zero-order valence-electron chi connectivity index (χ0n) is 34.9. The maximum atomic E-state index is 14.3. The van der Waals surface area contributed by atoms with Crippen molar-refractivity contribution in [2.75, 3.05) is 26.2 Å². The standard InChI is InChI=1S/C46H54N6O8/c1-5-46(59-42(54)36(47)24-29-12-8-6-9-13-29)35-26-38-40-30(27-52(38)41(53)34(35)28-57-43(46)55)25-33-32(16-19-48-60-45(2,3)4)39(15-14-37(33)49-40)58-44(56)51-22-17-31(18-23-51)50-20-10-7-11-21-50/h6,8-9,12-15,19,25-26,31,36H,5,7,10-11,16-18,20-24,27-28,47H2,1-4H3/t36-,46-/m0/s1. The average Bonchev–Trinajstić information content (AvgIpc) is 3.61. The first-order valence-electron chi connectivity index (χ1n) is 21.2. The number of hydrogen-bond donors (Lipinski definition) is 1. The highest BCUT2D eigenvalue weighted by molar-refractivity contribution is 5.92. The predicted octanol–water partition coefficient (Wildman–Crippen LogP) is 5.99. The number of esters is 2. The Morgan fingerprint density at radius 1 is 1.03 bits per heavy atom. The first kappa shape index (κ1) is 41.1. The molecule has 0 saturated carbocycles. The molecule has 4 aliphatic rings. The number of fused-ring (bicyclic) bond motifs is 5. The van der Waals surface area contributed by atoms with E-state index in [1.807, 2.05) is 57.2 Å². The Morgan fingerprint density at radius 2 is 1.78 bits per heavy atom. The highest BCUT2D eigenvalue weighted by Crippen LogP contribution is 2.42. The van der Waals surface area contributed by atoms with Crippen molar-refractivity contribution in [2.24, 2.45) is 10.9 Å². The van der Waals surface area contributed by atoms with E-state index < -0.39 is 35.3 Å². The number of aromatic nitrogens is 2. The van der Waals surface area contributed by atoms with Crippen molar-refractivity contribution in [1.82, 2.24) is 19.4 Å². The van der Waals surface area contributed by atoms with Crippen LogP contribution in [0.25, 0.3) is 22.3 Å². The Balaban J connectivity index is 1.11. The number of hydrogen-bond acceptors (Lipinski definition) is 12. The van der Waals surface area contributed by atoms with Crippen LogP contribution in [0.2, 0.25) is 0 Å². The van der Waals surface area contributed by atoms with Gasteiger partial charge in [0.25, 0.3) is 5.56 Å². The third-order valence-electron chi connectivity index (χ3n) is 12.1. The maximum Gasteiger partial charge on any atom is 0.415 e. The van der Waals surface area contributed by atoms with Gasteiger partial charge in [0.05, 0.1) is 29.0 Å². The number of ether oxygens (including phenoxy) is 3. The van der Waals surface area contributed by atoms with E-state index in [2.05, 4.69) is 10.1 Å². The van der Waals surface area contributed by atoms with Crippen LogP contribution in [0, 0.1) is 0 Å². The van der Waals surface area contributed by atoms with E-state index in [9.17, 15) is 19.2 Å². The monoisotopic (exact) mass is 818 g/mol. The first-order valence-corrected chi connectivity index (χ1v) is 21.2. The van der Waals surface area contributed by atoms with Crippen LogP contribution in [0.15, 0.2) is 64.5 Å². The molecule has 14 heteroatoms. The molecule has 0 spiro atoms. The lowest BCUT2D eigenvalue weighted by atomic mass is 9.85. The van der Waals surface area contributed by atoms with Crippen LogP contribution >= 0.6 is 0 Å². The summed E-state index contributed by atoms with van der Waals surface area (Å²) >= 11 is 0. The summed E-state index contributed by atoms with van der Waals surface area (Å²) in [6, 6.07) is 16.0. The second-order valence-electron chi connectivity index (χ2n) is 17.3. The van der Waals surface area contributed by atoms with Gasteiger partial charge < -0.3 is 39.1 Å². The van der Waals surface area contributed by atoms with Crippen LogP contribution in [0.1, 0.15) is 94.0 Å². The van der Waals surface area contributed by atoms with Crippen molar-refractivity contribution in [3.05, 3.63) is 92.8 Å². The quantitative estimate of drug-likeness (QED) is 0.0999. The van der Waals surface area contributed by atoms with Gasteiger partial charge >= 0.3 is 18.0 Å². The molecular weight excluding hydrogens is 765 g/mol. The third kappa shape index (κ3) is 8.14. The Bertz CT molecular complexity index is 2380. The molecule has 2 saturated heterocycles. The van der Waals surface area contributed by atoms with Crippen molar-refractivity contribution >= 4 is 35.1 Å². The van der Waals surface area contributed by atoms with Gasteiger partial charge in [-0.05, 0) is 102 Å². The lowest BCUT2D eigenvalue weighted by molar-refractivity contribution is -0.190. The van der Waals surface area contributed by atoms with Gasteiger partial charge in [-0.3, -0.25) is 9.59 Å². The van der Waals surface area contributed by atoms with Gasteiger partial charge in [0, 0.05) is 53.8 Å². The molecule has 2 atom stereocenters. The van der Waals surface area contributed by atoms with Crippen molar-refractivity contribution < 1.29 is 33.4 Å². The van der Waals surface area contributed by atoms with Crippen LogP contribution in [-0.4, -0.2) is 87.5 Å². The number of piperidine rings is 2. The van der Waals surface area contributed by atoms with Gasteiger partial charge in [-0.2, -0.15) is 0 Å². The fourth-order valence-electron chi connectivity index (χ4n) is 8.93. The van der Waals surface area contributed by atoms with Crippen molar-refractivity contribution in [1.29, 1.82) is 0 Å². The van der Waals surface area contributed by atoms with Crippen LogP contribution in [0.3, 0.4) is 0 Å². The second kappa shape index (κ2) is 16.8. The van der Waals surface area contributed by atoms with Crippen molar-refractivity contribution in [3.63, 3.8) is 0 Å². The summed E-state index contributed by atoms with van der Waals surface area (Å²) in [5.74, 6) is -1.14. The molecule has 0 unspecified atom stereocenters. The summed E-state index contributed by atoms with van der Waals surface area (Å²) in [5, 5.41) is 4.95. The summed E-state index contributed by atoms with van der Waals surface area (Å²) < 4.78 is 19.3. The Kier molecular flexibility index (Phi) is 11.5. The molecule has 14 nitrogen and oxygen atoms in total. The fourth-order valence-corrected chi connectivity index (χ4v) is 8.93. The number of likely N-dealkylation sites (tertiary alicyclic amines) is 2. The number of benzene rings is 2. The maximum absolute atomic E-state index is 14.3. The molecule has 0 radical (unpaired) electrons. The molecule has 4 aliphatic heterocycles. The number of pyridine rings is 2. The van der Waals surface area contributed by atoms with Crippen molar-refractivity contribution in [2.45, 2.75) is 115 Å². The molecular formula is C46H54N6O8. The molecule has 0 bridgehead atoms.